The van der Waals surface area contributed by atoms with Crippen LogP contribution in [-0.4, -0.2) is 50.1 Å². The van der Waals surface area contributed by atoms with Gasteiger partial charge in [0.2, 0.25) is 5.95 Å². The summed E-state index contributed by atoms with van der Waals surface area (Å²) in [6.45, 7) is 1.34. The SMILES string of the molecule is Cc1nc2nc(N3C[C@@H](C)O[C@@H](c4cnn(C(F)F)c4)C3)nc(C34CC(C(F)(F)F)(C3)C4)c2cc1C#N. The van der Waals surface area contributed by atoms with Crippen molar-refractivity contribution in [2.45, 2.75) is 63.5 Å². The van der Waals surface area contributed by atoms with Crippen molar-refractivity contribution in [2.75, 3.05) is 18.0 Å². The number of pyridine rings is 1. The predicted octanol–water partition coefficient (Wildman–Crippen LogP) is 4.75. The van der Waals surface area contributed by atoms with Crippen molar-refractivity contribution >= 4 is 17.0 Å². The molecule has 7 rings (SSSR count). The monoisotopic (exact) mass is 519 g/mol. The Labute approximate surface area is 208 Å². The number of fused-ring (bicyclic) bond motifs is 1. The molecule has 0 unspecified atom stereocenters. The van der Waals surface area contributed by atoms with Gasteiger partial charge in [-0.1, -0.05) is 0 Å². The van der Waals surface area contributed by atoms with Crippen LogP contribution in [0.1, 0.15) is 61.4 Å². The molecule has 2 bridgehead atoms. The minimum Gasteiger partial charge on any atom is -0.367 e. The highest BCUT2D eigenvalue weighted by molar-refractivity contribution is 5.82. The number of rotatable bonds is 4. The maximum Gasteiger partial charge on any atom is 0.394 e. The van der Waals surface area contributed by atoms with Gasteiger partial charge in [-0.15, -0.1) is 0 Å². The number of halogens is 5. The molecule has 0 amide bonds. The Hall–Kier alpha value is -3.40. The summed E-state index contributed by atoms with van der Waals surface area (Å²) < 4.78 is 73.4. The topological polar surface area (TPSA) is 92.8 Å². The number of hydrogen-bond donors (Lipinski definition) is 0. The fraction of sp³-hybridized carbons (Fsp3) is 0.542. The van der Waals surface area contributed by atoms with Gasteiger partial charge in [0.15, 0.2) is 5.65 Å². The molecule has 0 aromatic carbocycles. The lowest BCUT2D eigenvalue weighted by Crippen LogP contribution is -2.70. The molecule has 3 aromatic rings. The molecule has 1 aliphatic heterocycles. The van der Waals surface area contributed by atoms with Crippen molar-refractivity contribution < 1.29 is 26.7 Å². The zero-order valence-corrected chi connectivity index (χ0v) is 19.9. The second-order valence-electron chi connectivity index (χ2n) is 10.4. The van der Waals surface area contributed by atoms with Crippen LogP contribution in [0.5, 0.6) is 0 Å². The Morgan fingerprint density at radius 3 is 2.51 bits per heavy atom. The summed E-state index contributed by atoms with van der Waals surface area (Å²) in [6, 6.07) is 3.69. The molecule has 37 heavy (non-hydrogen) atoms. The number of aromatic nitrogens is 5. The van der Waals surface area contributed by atoms with Crippen LogP contribution < -0.4 is 4.90 Å². The van der Waals surface area contributed by atoms with Gasteiger partial charge in [-0.2, -0.15) is 37.3 Å². The molecule has 8 nitrogen and oxygen atoms in total. The van der Waals surface area contributed by atoms with E-state index >= 15 is 0 Å². The van der Waals surface area contributed by atoms with E-state index in [9.17, 15) is 27.2 Å². The first-order valence-electron chi connectivity index (χ1n) is 11.8. The highest BCUT2D eigenvalue weighted by Gasteiger charge is 2.79. The van der Waals surface area contributed by atoms with Gasteiger partial charge < -0.3 is 9.64 Å². The van der Waals surface area contributed by atoms with Gasteiger partial charge in [0.1, 0.15) is 12.2 Å². The lowest BCUT2D eigenvalue weighted by molar-refractivity contribution is -0.337. The van der Waals surface area contributed by atoms with E-state index in [2.05, 4.69) is 21.1 Å². The third-order valence-corrected chi connectivity index (χ3v) is 7.86. The molecule has 0 spiro atoms. The molecule has 3 aliphatic carbocycles. The molecule has 0 radical (unpaired) electrons. The molecule has 4 fully saturated rings. The molecule has 1 saturated heterocycles. The fourth-order valence-electron chi connectivity index (χ4n) is 6.06. The van der Waals surface area contributed by atoms with Crippen molar-refractivity contribution in [3.8, 4) is 6.07 Å². The summed E-state index contributed by atoms with van der Waals surface area (Å²) in [5.74, 6) is 0.284. The van der Waals surface area contributed by atoms with Crippen LogP contribution in [0.4, 0.5) is 27.9 Å². The Kier molecular flexibility index (Phi) is 5.05. The number of anilines is 1. The van der Waals surface area contributed by atoms with Gasteiger partial charge in [0.05, 0.1) is 41.2 Å². The zero-order chi connectivity index (χ0) is 26.3. The van der Waals surface area contributed by atoms with Gasteiger partial charge in [0.25, 0.3) is 0 Å². The Morgan fingerprint density at radius 1 is 1.16 bits per heavy atom. The molecule has 13 heteroatoms. The average Bonchev–Trinajstić information content (AvgIpc) is 3.26. The molecule has 2 atom stereocenters. The van der Waals surface area contributed by atoms with Gasteiger partial charge >= 0.3 is 12.7 Å². The van der Waals surface area contributed by atoms with Crippen molar-refractivity contribution in [3.63, 3.8) is 0 Å². The summed E-state index contributed by atoms with van der Waals surface area (Å²) in [7, 11) is 0. The van der Waals surface area contributed by atoms with Crippen LogP contribution >= 0.6 is 0 Å². The summed E-state index contributed by atoms with van der Waals surface area (Å²) in [4.78, 5) is 15.7. The maximum atomic E-state index is 13.6. The van der Waals surface area contributed by atoms with Crippen LogP contribution in [0.25, 0.3) is 11.0 Å². The second kappa shape index (κ2) is 7.80. The number of alkyl halides is 5. The van der Waals surface area contributed by atoms with E-state index in [0.717, 1.165) is 0 Å². The summed E-state index contributed by atoms with van der Waals surface area (Å²) in [6.07, 6.45) is -2.78. The Bertz CT molecular complexity index is 1430. The Morgan fingerprint density at radius 2 is 1.89 bits per heavy atom. The van der Waals surface area contributed by atoms with Crippen molar-refractivity contribution in [3.05, 3.63) is 41.0 Å². The smallest absolute Gasteiger partial charge is 0.367 e. The fourth-order valence-corrected chi connectivity index (χ4v) is 6.06. The number of nitriles is 1. The minimum atomic E-state index is -4.28. The van der Waals surface area contributed by atoms with Crippen LogP contribution in [0.3, 0.4) is 0 Å². The van der Waals surface area contributed by atoms with E-state index < -0.39 is 29.7 Å². The largest absolute Gasteiger partial charge is 0.394 e. The summed E-state index contributed by atoms with van der Waals surface area (Å²) >= 11 is 0. The first-order valence-corrected chi connectivity index (χ1v) is 11.8. The molecule has 3 saturated carbocycles. The van der Waals surface area contributed by atoms with E-state index in [1.807, 2.05) is 11.8 Å². The first-order chi connectivity index (χ1) is 17.4. The number of nitrogens with zero attached hydrogens (tertiary/aromatic N) is 7. The van der Waals surface area contributed by atoms with E-state index in [1.54, 1.807) is 13.0 Å². The highest BCUT2D eigenvalue weighted by Crippen LogP contribution is 2.78. The molecule has 194 valence electrons. The van der Waals surface area contributed by atoms with Crippen molar-refractivity contribution in [2.24, 2.45) is 5.41 Å². The summed E-state index contributed by atoms with van der Waals surface area (Å²) in [5, 5.41) is 13.7. The molecule has 4 heterocycles. The quantitative estimate of drug-likeness (QED) is 0.460. The van der Waals surface area contributed by atoms with Crippen LogP contribution in [0.15, 0.2) is 18.5 Å². The molecule has 0 N–H and O–H groups in total. The molecule has 3 aromatic heterocycles. The van der Waals surface area contributed by atoms with E-state index in [-0.39, 0.29) is 37.9 Å². The predicted molar refractivity (Wildman–Crippen MR) is 120 cm³/mol. The van der Waals surface area contributed by atoms with Crippen molar-refractivity contribution in [1.29, 1.82) is 5.26 Å². The second-order valence-corrected chi connectivity index (χ2v) is 10.4. The lowest BCUT2D eigenvalue weighted by atomic mass is 9.33. The van der Waals surface area contributed by atoms with Gasteiger partial charge in [-0.3, -0.25) is 0 Å². The minimum absolute atomic E-state index is 0.0558. The first kappa shape index (κ1) is 24.0. The number of morpholine rings is 1. The number of aryl methyl sites for hydroxylation is 1. The number of hydrogen-bond acceptors (Lipinski definition) is 7. The normalized spacial score (nSPS) is 29.2. The van der Waals surface area contributed by atoms with E-state index in [4.69, 9.17) is 9.72 Å². The van der Waals surface area contributed by atoms with E-state index in [0.29, 0.717) is 44.8 Å². The lowest BCUT2D eigenvalue weighted by Gasteiger charge is -2.70. The number of ether oxygens (including phenoxy) is 1. The van der Waals surface area contributed by atoms with Crippen molar-refractivity contribution in [1.82, 2.24) is 24.7 Å². The van der Waals surface area contributed by atoms with Crippen LogP contribution in [0.2, 0.25) is 0 Å². The Balaban J connectivity index is 1.40. The van der Waals surface area contributed by atoms with Crippen LogP contribution in [-0.2, 0) is 10.2 Å². The van der Waals surface area contributed by atoms with Gasteiger partial charge in [-0.25, -0.2) is 14.6 Å². The van der Waals surface area contributed by atoms with Gasteiger partial charge in [-0.05, 0) is 39.2 Å². The van der Waals surface area contributed by atoms with Crippen LogP contribution in [0, 0.1) is 23.7 Å². The molecule has 4 aliphatic rings. The average molecular weight is 519 g/mol. The van der Waals surface area contributed by atoms with E-state index in [1.165, 1.54) is 12.4 Å². The van der Waals surface area contributed by atoms with Gasteiger partial charge in [0, 0.05) is 29.1 Å². The zero-order valence-electron chi connectivity index (χ0n) is 19.9. The third-order valence-electron chi connectivity index (χ3n) is 7.86. The standard InChI is InChI=1S/C24H22F5N7O/c1-12-6-35(8-17(37-12)15-5-31-36(7-15)20(25)26)21-33-18(22-9-23(10-22,11-22)24(27,28)29)16-3-14(4-30)13(2)32-19(16)34-21/h3,5,7,12,17,20H,6,8-11H2,1-2H3/t12-,17-,22?,23?/m1/s1. The molecular formula is C24H22F5N7O. The molecular weight excluding hydrogens is 497 g/mol. The maximum absolute atomic E-state index is 13.6. The third kappa shape index (κ3) is 3.56. The summed E-state index contributed by atoms with van der Waals surface area (Å²) in [5.41, 5.74) is -0.389. The highest BCUT2D eigenvalue weighted by atomic mass is 19.4.